The minimum atomic E-state index is -0.303. The Labute approximate surface area is 76.3 Å². The van der Waals surface area contributed by atoms with Crippen LogP contribution in [0.1, 0.15) is 34.1 Å². The summed E-state index contributed by atoms with van der Waals surface area (Å²) < 4.78 is 0. The van der Waals surface area contributed by atoms with Crippen LogP contribution in [0.5, 0.6) is 0 Å². The molecule has 0 saturated heterocycles. The van der Waals surface area contributed by atoms with E-state index in [1.807, 2.05) is 13.0 Å². The molecular weight excluding hydrogens is 146 g/mol. The predicted molar refractivity (Wildman–Crippen MR) is 56.0 cm³/mol. The lowest BCUT2D eigenvalue weighted by atomic mass is 9.84. The van der Waals surface area contributed by atoms with Crippen molar-refractivity contribution in [3.63, 3.8) is 0 Å². The van der Waals surface area contributed by atoms with Crippen LogP contribution >= 0.6 is 0 Å². The van der Waals surface area contributed by atoms with E-state index in [9.17, 15) is 0 Å². The third kappa shape index (κ3) is 2.82. The molecule has 0 fully saturated rings. The summed E-state index contributed by atoms with van der Waals surface area (Å²) in [6.07, 6.45) is 4.87. The third-order valence-electron chi connectivity index (χ3n) is 2.28. The second kappa shape index (κ2) is 4.46. The zero-order valence-electron chi connectivity index (χ0n) is 8.72. The first-order valence-electron chi connectivity index (χ1n) is 4.52. The molecule has 0 aliphatic carbocycles. The SMILES string of the molecule is C=CC(N)(CC(C)C)/C(C)=C\C. The quantitative estimate of drug-likeness (QED) is 0.640. The van der Waals surface area contributed by atoms with Gasteiger partial charge in [0.15, 0.2) is 0 Å². The summed E-state index contributed by atoms with van der Waals surface area (Å²) in [6.45, 7) is 12.2. The Morgan fingerprint density at radius 1 is 1.58 bits per heavy atom. The molecule has 0 amide bonds. The average Bonchev–Trinajstić information content (AvgIpc) is 2.01. The Kier molecular flexibility index (Phi) is 4.25. The first kappa shape index (κ1) is 11.4. The Morgan fingerprint density at radius 2 is 2.08 bits per heavy atom. The largest absolute Gasteiger partial charge is 0.318 e. The molecule has 0 saturated carbocycles. The summed E-state index contributed by atoms with van der Waals surface area (Å²) in [5, 5.41) is 0. The summed E-state index contributed by atoms with van der Waals surface area (Å²) >= 11 is 0. The summed E-state index contributed by atoms with van der Waals surface area (Å²) in [6, 6.07) is 0. The smallest absolute Gasteiger partial charge is 0.0551 e. The predicted octanol–water partition coefficient (Wildman–Crippen LogP) is 2.88. The monoisotopic (exact) mass is 167 g/mol. The third-order valence-corrected chi connectivity index (χ3v) is 2.28. The van der Waals surface area contributed by atoms with Gasteiger partial charge in [-0.2, -0.15) is 0 Å². The number of hydrogen-bond acceptors (Lipinski definition) is 1. The molecule has 0 aliphatic heterocycles. The van der Waals surface area contributed by atoms with Gasteiger partial charge in [-0.15, -0.1) is 6.58 Å². The molecule has 0 aromatic carbocycles. The van der Waals surface area contributed by atoms with E-state index in [1.54, 1.807) is 0 Å². The van der Waals surface area contributed by atoms with E-state index in [4.69, 9.17) is 5.73 Å². The minimum Gasteiger partial charge on any atom is -0.318 e. The number of rotatable bonds is 4. The van der Waals surface area contributed by atoms with Crippen LogP contribution in [0.15, 0.2) is 24.3 Å². The van der Waals surface area contributed by atoms with E-state index in [0.29, 0.717) is 5.92 Å². The highest BCUT2D eigenvalue weighted by atomic mass is 14.7. The molecule has 0 aromatic rings. The number of hydrogen-bond donors (Lipinski definition) is 1. The Hall–Kier alpha value is -0.560. The van der Waals surface area contributed by atoms with Crippen molar-refractivity contribution >= 4 is 0 Å². The van der Waals surface area contributed by atoms with E-state index >= 15 is 0 Å². The van der Waals surface area contributed by atoms with E-state index in [1.165, 1.54) is 5.57 Å². The Bertz CT molecular complexity index is 179. The molecule has 1 nitrogen and oxygen atoms in total. The van der Waals surface area contributed by atoms with Crippen LogP contribution in [0.3, 0.4) is 0 Å². The topological polar surface area (TPSA) is 26.0 Å². The summed E-state index contributed by atoms with van der Waals surface area (Å²) in [7, 11) is 0. The first-order valence-corrected chi connectivity index (χ1v) is 4.52. The van der Waals surface area contributed by atoms with Gasteiger partial charge in [-0.3, -0.25) is 0 Å². The van der Waals surface area contributed by atoms with Crippen LogP contribution in [0, 0.1) is 5.92 Å². The van der Waals surface area contributed by atoms with Gasteiger partial charge in [0.05, 0.1) is 5.54 Å². The number of nitrogens with two attached hydrogens (primary N) is 1. The molecule has 1 unspecified atom stereocenters. The molecule has 1 atom stereocenters. The van der Waals surface area contributed by atoms with E-state index in [-0.39, 0.29) is 5.54 Å². The van der Waals surface area contributed by atoms with Crippen LogP contribution in [-0.2, 0) is 0 Å². The lowest BCUT2D eigenvalue weighted by molar-refractivity contribution is 0.457. The standard InChI is InChI=1S/C11H21N/c1-6-10(5)11(12,7-2)8-9(3)4/h6-7,9H,2,8,12H2,1,3-5H3/b10-6-. The van der Waals surface area contributed by atoms with E-state index in [2.05, 4.69) is 33.4 Å². The van der Waals surface area contributed by atoms with Crippen molar-refractivity contribution in [2.45, 2.75) is 39.7 Å². The highest BCUT2D eigenvalue weighted by Crippen LogP contribution is 2.23. The molecule has 0 radical (unpaired) electrons. The van der Waals surface area contributed by atoms with Crippen molar-refractivity contribution in [1.82, 2.24) is 0 Å². The molecule has 0 aromatic heterocycles. The molecule has 0 spiro atoms. The fraction of sp³-hybridized carbons (Fsp3) is 0.636. The minimum absolute atomic E-state index is 0.303. The zero-order valence-corrected chi connectivity index (χ0v) is 8.72. The van der Waals surface area contributed by atoms with Crippen LogP contribution in [-0.4, -0.2) is 5.54 Å². The second-order valence-corrected chi connectivity index (χ2v) is 3.81. The molecular formula is C11H21N. The van der Waals surface area contributed by atoms with E-state index < -0.39 is 0 Å². The van der Waals surface area contributed by atoms with Crippen LogP contribution in [0.4, 0.5) is 0 Å². The summed E-state index contributed by atoms with van der Waals surface area (Å²) in [5.74, 6) is 0.600. The van der Waals surface area contributed by atoms with Crippen molar-refractivity contribution in [2.75, 3.05) is 0 Å². The van der Waals surface area contributed by atoms with Gasteiger partial charge in [-0.05, 0) is 26.2 Å². The fourth-order valence-electron chi connectivity index (χ4n) is 1.35. The maximum absolute atomic E-state index is 6.17. The lowest BCUT2D eigenvalue weighted by Crippen LogP contribution is -2.39. The molecule has 2 N–H and O–H groups in total. The normalized spacial score (nSPS) is 17.7. The van der Waals surface area contributed by atoms with Crippen molar-refractivity contribution < 1.29 is 0 Å². The first-order chi connectivity index (χ1) is 5.46. The lowest BCUT2D eigenvalue weighted by Gasteiger charge is -2.28. The molecule has 0 aliphatic rings. The van der Waals surface area contributed by atoms with Gasteiger partial charge in [-0.25, -0.2) is 0 Å². The maximum atomic E-state index is 6.17. The van der Waals surface area contributed by atoms with Gasteiger partial charge in [0.2, 0.25) is 0 Å². The Morgan fingerprint density at radius 3 is 2.33 bits per heavy atom. The molecule has 0 rings (SSSR count). The molecule has 0 heterocycles. The van der Waals surface area contributed by atoms with Crippen molar-refractivity contribution in [3.8, 4) is 0 Å². The highest BCUT2D eigenvalue weighted by Gasteiger charge is 2.23. The zero-order chi connectivity index (χ0) is 9.78. The van der Waals surface area contributed by atoms with Gasteiger partial charge in [0.25, 0.3) is 0 Å². The second-order valence-electron chi connectivity index (χ2n) is 3.81. The van der Waals surface area contributed by atoms with Crippen LogP contribution in [0.2, 0.25) is 0 Å². The molecule has 1 heteroatoms. The van der Waals surface area contributed by atoms with Gasteiger partial charge in [0, 0.05) is 0 Å². The van der Waals surface area contributed by atoms with Crippen molar-refractivity contribution in [3.05, 3.63) is 24.3 Å². The Balaban J connectivity index is 4.56. The van der Waals surface area contributed by atoms with Crippen LogP contribution in [0.25, 0.3) is 0 Å². The van der Waals surface area contributed by atoms with Crippen LogP contribution < -0.4 is 5.73 Å². The maximum Gasteiger partial charge on any atom is 0.0551 e. The molecule has 0 bridgehead atoms. The van der Waals surface area contributed by atoms with Gasteiger partial charge in [0.1, 0.15) is 0 Å². The van der Waals surface area contributed by atoms with Gasteiger partial charge in [-0.1, -0.05) is 31.6 Å². The average molecular weight is 167 g/mol. The van der Waals surface area contributed by atoms with Crippen molar-refractivity contribution in [1.29, 1.82) is 0 Å². The highest BCUT2D eigenvalue weighted by molar-refractivity contribution is 5.24. The number of allylic oxidation sites excluding steroid dienone is 1. The van der Waals surface area contributed by atoms with E-state index in [0.717, 1.165) is 6.42 Å². The fourth-order valence-corrected chi connectivity index (χ4v) is 1.35. The molecule has 70 valence electrons. The van der Waals surface area contributed by atoms with Gasteiger partial charge >= 0.3 is 0 Å². The molecule has 12 heavy (non-hydrogen) atoms. The van der Waals surface area contributed by atoms with Crippen molar-refractivity contribution in [2.24, 2.45) is 11.7 Å². The summed E-state index contributed by atoms with van der Waals surface area (Å²) in [5.41, 5.74) is 7.06. The summed E-state index contributed by atoms with van der Waals surface area (Å²) in [4.78, 5) is 0. The van der Waals surface area contributed by atoms with Gasteiger partial charge < -0.3 is 5.73 Å².